The summed E-state index contributed by atoms with van der Waals surface area (Å²) >= 11 is 0. The molecule has 1 aliphatic heterocycles. The fourth-order valence-electron chi connectivity index (χ4n) is 6.49. The van der Waals surface area contributed by atoms with E-state index in [2.05, 4.69) is 154 Å². The monoisotopic (exact) mass is 525 g/mol. The van der Waals surface area contributed by atoms with Crippen LogP contribution < -0.4 is 5.32 Å². The maximum atomic E-state index is 5.20. The SMILES string of the molecule is c1ccc(-n2c(-n3c4ccccc4c4cc(-c5ccc6c(c5)-c5ccccc5[NH2+]6)ccc43)nc3ccccc32)cc1. The Bertz CT molecular complexity index is 2290. The summed E-state index contributed by atoms with van der Waals surface area (Å²) in [5, 5.41) is 4.72. The summed E-state index contributed by atoms with van der Waals surface area (Å²) in [6.07, 6.45) is 0. The molecule has 0 bridgehead atoms. The van der Waals surface area contributed by atoms with Crippen molar-refractivity contribution >= 4 is 44.2 Å². The van der Waals surface area contributed by atoms with Crippen LogP contribution in [0.5, 0.6) is 0 Å². The zero-order valence-corrected chi connectivity index (χ0v) is 22.2. The minimum Gasteiger partial charge on any atom is -0.281 e. The predicted octanol–water partition coefficient (Wildman–Crippen LogP) is 8.30. The number of nitrogens with two attached hydrogens (primary N) is 1. The van der Waals surface area contributed by atoms with E-state index in [9.17, 15) is 0 Å². The first-order chi connectivity index (χ1) is 20.3. The van der Waals surface area contributed by atoms with Crippen molar-refractivity contribution in [2.24, 2.45) is 0 Å². The van der Waals surface area contributed by atoms with Crippen molar-refractivity contribution in [3.8, 4) is 33.9 Å². The molecule has 1 aliphatic rings. The van der Waals surface area contributed by atoms with Gasteiger partial charge in [0.25, 0.3) is 0 Å². The molecular formula is C37H25N4+. The maximum absolute atomic E-state index is 5.20. The van der Waals surface area contributed by atoms with Gasteiger partial charge in [0.05, 0.1) is 22.1 Å². The molecule has 6 aromatic carbocycles. The van der Waals surface area contributed by atoms with Gasteiger partial charge in [-0.05, 0) is 71.8 Å². The van der Waals surface area contributed by atoms with Crippen molar-refractivity contribution in [2.45, 2.75) is 0 Å². The van der Waals surface area contributed by atoms with Crippen LogP contribution in [0, 0.1) is 0 Å². The number of benzene rings is 6. The minimum atomic E-state index is 0.890. The molecule has 2 aromatic heterocycles. The van der Waals surface area contributed by atoms with Crippen LogP contribution in [0.1, 0.15) is 0 Å². The molecule has 0 unspecified atom stereocenters. The number of nitrogens with zero attached hydrogens (tertiary/aromatic N) is 3. The molecule has 0 aliphatic carbocycles. The zero-order chi connectivity index (χ0) is 26.9. The van der Waals surface area contributed by atoms with E-state index in [0.29, 0.717) is 0 Å². The topological polar surface area (TPSA) is 39.4 Å². The van der Waals surface area contributed by atoms with Gasteiger partial charge in [-0.15, -0.1) is 0 Å². The van der Waals surface area contributed by atoms with E-state index in [-0.39, 0.29) is 0 Å². The third kappa shape index (κ3) is 3.29. The Morgan fingerprint density at radius 2 is 1.15 bits per heavy atom. The van der Waals surface area contributed by atoms with Crippen molar-refractivity contribution < 1.29 is 5.32 Å². The highest BCUT2D eigenvalue weighted by Crippen LogP contribution is 2.40. The van der Waals surface area contributed by atoms with Gasteiger partial charge in [-0.25, -0.2) is 4.98 Å². The Kier molecular flexibility index (Phi) is 4.65. The highest BCUT2D eigenvalue weighted by Gasteiger charge is 2.24. The Morgan fingerprint density at radius 3 is 2.07 bits per heavy atom. The molecule has 0 amide bonds. The van der Waals surface area contributed by atoms with Crippen LogP contribution in [-0.4, -0.2) is 14.1 Å². The van der Waals surface area contributed by atoms with Crippen LogP contribution in [0.15, 0.2) is 140 Å². The van der Waals surface area contributed by atoms with E-state index >= 15 is 0 Å². The predicted molar refractivity (Wildman–Crippen MR) is 168 cm³/mol. The number of quaternary nitrogens is 1. The van der Waals surface area contributed by atoms with E-state index in [1.807, 2.05) is 0 Å². The van der Waals surface area contributed by atoms with Crippen LogP contribution in [0.25, 0.3) is 66.7 Å². The van der Waals surface area contributed by atoms with E-state index in [1.165, 1.54) is 44.4 Å². The average molecular weight is 526 g/mol. The molecule has 4 heteroatoms. The van der Waals surface area contributed by atoms with Gasteiger partial charge in [-0.3, -0.25) is 14.5 Å². The van der Waals surface area contributed by atoms with Gasteiger partial charge in [0, 0.05) is 39.7 Å². The van der Waals surface area contributed by atoms with Crippen molar-refractivity contribution in [1.29, 1.82) is 0 Å². The molecule has 192 valence electrons. The lowest BCUT2D eigenvalue weighted by molar-refractivity contribution is -0.473. The second-order valence-corrected chi connectivity index (χ2v) is 10.7. The molecule has 0 atom stereocenters. The van der Waals surface area contributed by atoms with Gasteiger partial charge in [0.2, 0.25) is 5.95 Å². The molecule has 8 aromatic rings. The number of rotatable bonds is 3. The highest BCUT2D eigenvalue weighted by molar-refractivity contribution is 6.10. The van der Waals surface area contributed by atoms with Crippen molar-refractivity contribution in [2.75, 3.05) is 0 Å². The third-order valence-electron chi connectivity index (χ3n) is 8.38. The zero-order valence-electron chi connectivity index (χ0n) is 22.2. The number of hydrogen-bond donors (Lipinski definition) is 1. The molecule has 0 saturated heterocycles. The summed E-state index contributed by atoms with van der Waals surface area (Å²) in [6.45, 7) is 0. The largest absolute Gasteiger partial charge is 0.281 e. The number of imidazole rings is 1. The lowest BCUT2D eigenvalue weighted by Crippen LogP contribution is -2.69. The van der Waals surface area contributed by atoms with Gasteiger partial charge >= 0.3 is 0 Å². The maximum Gasteiger partial charge on any atom is 0.220 e. The third-order valence-corrected chi connectivity index (χ3v) is 8.38. The normalized spacial score (nSPS) is 12.3. The summed E-state index contributed by atoms with van der Waals surface area (Å²) < 4.78 is 4.58. The van der Waals surface area contributed by atoms with E-state index in [0.717, 1.165) is 33.7 Å². The molecule has 0 spiro atoms. The van der Waals surface area contributed by atoms with Crippen LogP contribution in [0.3, 0.4) is 0 Å². The van der Waals surface area contributed by atoms with Gasteiger partial charge in [0.15, 0.2) is 0 Å². The van der Waals surface area contributed by atoms with Crippen LogP contribution in [-0.2, 0) is 0 Å². The fraction of sp³-hybridized carbons (Fsp3) is 0. The number of aromatic nitrogens is 3. The molecular weight excluding hydrogens is 500 g/mol. The molecule has 0 saturated carbocycles. The number of hydrogen-bond acceptors (Lipinski definition) is 1. The van der Waals surface area contributed by atoms with Crippen molar-refractivity contribution in [1.82, 2.24) is 14.1 Å². The Labute approximate surface area is 236 Å². The fourth-order valence-corrected chi connectivity index (χ4v) is 6.49. The molecule has 9 rings (SSSR count). The van der Waals surface area contributed by atoms with E-state index in [4.69, 9.17) is 4.98 Å². The summed E-state index contributed by atoms with van der Waals surface area (Å²) in [4.78, 5) is 5.20. The first-order valence-corrected chi connectivity index (χ1v) is 14.0. The first-order valence-electron chi connectivity index (χ1n) is 14.0. The lowest BCUT2D eigenvalue weighted by Gasteiger charge is -2.12. The summed E-state index contributed by atoms with van der Waals surface area (Å²) in [7, 11) is 0. The summed E-state index contributed by atoms with van der Waals surface area (Å²) in [5.74, 6) is 0.890. The summed E-state index contributed by atoms with van der Waals surface area (Å²) in [5.41, 5.74) is 13.1. The average Bonchev–Trinajstić information content (AvgIpc) is 3.70. The molecule has 0 radical (unpaired) electrons. The van der Waals surface area contributed by atoms with E-state index < -0.39 is 0 Å². The lowest BCUT2D eigenvalue weighted by atomic mass is 9.98. The highest BCUT2D eigenvalue weighted by atomic mass is 15.2. The van der Waals surface area contributed by atoms with Gasteiger partial charge < -0.3 is 0 Å². The molecule has 4 nitrogen and oxygen atoms in total. The quantitative estimate of drug-likeness (QED) is 0.232. The molecule has 0 fully saturated rings. The van der Waals surface area contributed by atoms with Crippen molar-refractivity contribution in [3.63, 3.8) is 0 Å². The molecule has 41 heavy (non-hydrogen) atoms. The van der Waals surface area contributed by atoms with Gasteiger partial charge in [-0.1, -0.05) is 66.7 Å². The van der Waals surface area contributed by atoms with Crippen LogP contribution >= 0.6 is 0 Å². The number of para-hydroxylation sites is 5. The Morgan fingerprint density at radius 1 is 0.463 bits per heavy atom. The van der Waals surface area contributed by atoms with Crippen molar-refractivity contribution in [3.05, 3.63) is 140 Å². The smallest absolute Gasteiger partial charge is 0.220 e. The Hall–Kier alpha value is -5.45. The summed E-state index contributed by atoms with van der Waals surface area (Å²) in [6, 6.07) is 49.9. The van der Waals surface area contributed by atoms with Crippen LogP contribution in [0.2, 0.25) is 0 Å². The van der Waals surface area contributed by atoms with Gasteiger partial charge in [-0.2, -0.15) is 0 Å². The van der Waals surface area contributed by atoms with E-state index in [1.54, 1.807) is 0 Å². The second kappa shape index (κ2) is 8.52. The van der Waals surface area contributed by atoms with Gasteiger partial charge in [0.1, 0.15) is 11.4 Å². The molecule has 2 N–H and O–H groups in total. The molecule has 3 heterocycles. The Balaban J connectivity index is 1.29. The van der Waals surface area contributed by atoms with Crippen LogP contribution in [0.4, 0.5) is 11.4 Å². The first kappa shape index (κ1) is 22.4. The second-order valence-electron chi connectivity index (χ2n) is 10.7. The number of fused-ring (bicyclic) bond motifs is 7. The minimum absolute atomic E-state index is 0.890. The standard InChI is InChI=1S/C37H24N4/c1-2-10-26(11-3-1)40-36-17-9-7-15-33(36)39-37(40)41-34-16-8-5-13-28(34)30-23-25(19-21-35(30)41)24-18-20-32-29(22-24)27-12-4-6-14-31(27)38-32/h1-23,38H/p+1.